The Labute approximate surface area is 121 Å². The fraction of sp³-hybridized carbons (Fsp3) is 0.133. The lowest BCUT2D eigenvalue weighted by molar-refractivity contribution is -0.384. The number of aromatic carboxylic acids is 1. The van der Waals surface area contributed by atoms with Crippen LogP contribution in [0.2, 0.25) is 0 Å². The van der Waals surface area contributed by atoms with E-state index in [1.807, 2.05) is 37.3 Å². The molecule has 0 aliphatic carbocycles. The van der Waals surface area contributed by atoms with Gasteiger partial charge in [0.25, 0.3) is 5.69 Å². The van der Waals surface area contributed by atoms with Gasteiger partial charge in [-0.05, 0) is 25.1 Å². The normalized spacial score (nSPS) is 10.1. The Bertz CT molecular complexity index is 671. The molecule has 0 saturated heterocycles. The van der Waals surface area contributed by atoms with Crippen LogP contribution in [0.1, 0.15) is 17.3 Å². The monoisotopic (exact) mass is 286 g/mol. The number of non-ortho nitro benzene ring substituents is 1. The Morgan fingerprint density at radius 3 is 2.43 bits per heavy atom. The Kier molecular flexibility index (Phi) is 4.18. The molecule has 0 saturated carbocycles. The fourth-order valence-electron chi connectivity index (χ4n) is 2.14. The zero-order chi connectivity index (χ0) is 15.4. The van der Waals surface area contributed by atoms with Gasteiger partial charge in [0, 0.05) is 24.4 Å². The molecule has 0 spiro atoms. The van der Waals surface area contributed by atoms with Gasteiger partial charge in [0.15, 0.2) is 0 Å². The highest BCUT2D eigenvalue weighted by Gasteiger charge is 2.20. The van der Waals surface area contributed by atoms with Crippen molar-refractivity contribution in [3.05, 3.63) is 64.2 Å². The molecule has 0 amide bonds. The minimum absolute atomic E-state index is 0.0881. The topological polar surface area (TPSA) is 83.7 Å². The number of anilines is 2. The third kappa shape index (κ3) is 3.00. The molecule has 21 heavy (non-hydrogen) atoms. The van der Waals surface area contributed by atoms with Gasteiger partial charge in [0.2, 0.25) is 0 Å². The molecule has 2 rings (SSSR count). The average Bonchev–Trinajstić information content (AvgIpc) is 2.49. The van der Waals surface area contributed by atoms with Crippen LogP contribution >= 0.6 is 0 Å². The van der Waals surface area contributed by atoms with E-state index in [0.717, 1.165) is 11.8 Å². The van der Waals surface area contributed by atoms with E-state index in [2.05, 4.69) is 0 Å². The summed E-state index contributed by atoms with van der Waals surface area (Å²) >= 11 is 0. The molecule has 0 aliphatic rings. The fourth-order valence-corrected chi connectivity index (χ4v) is 2.14. The second-order valence-corrected chi connectivity index (χ2v) is 4.34. The molecule has 6 nitrogen and oxygen atoms in total. The maximum Gasteiger partial charge on any atom is 0.338 e. The van der Waals surface area contributed by atoms with Crippen molar-refractivity contribution in [2.45, 2.75) is 6.92 Å². The number of carboxylic acids is 1. The molecule has 0 unspecified atom stereocenters. The first-order valence-corrected chi connectivity index (χ1v) is 6.39. The van der Waals surface area contributed by atoms with Crippen molar-refractivity contribution < 1.29 is 14.8 Å². The van der Waals surface area contributed by atoms with Gasteiger partial charge in [0.1, 0.15) is 0 Å². The van der Waals surface area contributed by atoms with Crippen molar-refractivity contribution in [1.29, 1.82) is 0 Å². The summed E-state index contributed by atoms with van der Waals surface area (Å²) in [5.74, 6) is -1.19. The summed E-state index contributed by atoms with van der Waals surface area (Å²) in [6, 6.07) is 13.2. The van der Waals surface area contributed by atoms with E-state index in [-0.39, 0.29) is 11.3 Å². The molecule has 0 radical (unpaired) electrons. The zero-order valence-electron chi connectivity index (χ0n) is 11.4. The van der Waals surface area contributed by atoms with Crippen LogP contribution in [0.3, 0.4) is 0 Å². The SMILES string of the molecule is CCN(c1ccccc1)c1ccc([N+](=O)[O-])cc1C(=O)O. The maximum atomic E-state index is 11.4. The van der Waals surface area contributed by atoms with E-state index in [4.69, 9.17) is 0 Å². The number of para-hydroxylation sites is 1. The first kappa shape index (κ1) is 14.5. The van der Waals surface area contributed by atoms with Crippen molar-refractivity contribution >= 4 is 23.0 Å². The van der Waals surface area contributed by atoms with Crippen LogP contribution in [-0.2, 0) is 0 Å². The Morgan fingerprint density at radius 1 is 1.24 bits per heavy atom. The van der Waals surface area contributed by atoms with Crippen LogP contribution in [-0.4, -0.2) is 22.5 Å². The van der Waals surface area contributed by atoms with E-state index >= 15 is 0 Å². The van der Waals surface area contributed by atoms with E-state index in [1.54, 1.807) is 4.90 Å². The van der Waals surface area contributed by atoms with Gasteiger partial charge in [-0.2, -0.15) is 0 Å². The number of carbonyl (C=O) groups is 1. The smallest absolute Gasteiger partial charge is 0.338 e. The molecule has 2 aromatic carbocycles. The number of rotatable bonds is 5. The van der Waals surface area contributed by atoms with E-state index in [0.29, 0.717) is 12.2 Å². The summed E-state index contributed by atoms with van der Waals surface area (Å²) in [6.45, 7) is 2.43. The minimum atomic E-state index is -1.19. The predicted octanol–water partition coefficient (Wildman–Crippen LogP) is 3.45. The Morgan fingerprint density at radius 2 is 1.90 bits per heavy atom. The number of hydrogen-bond acceptors (Lipinski definition) is 4. The first-order chi connectivity index (χ1) is 10.0. The molecular weight excluding hydrogens is 272 g/mol. The van der Waals surface area contributed by atoms with Gasteiger partial charge in [-0.3, -0.25) is 10.1 Å². The summed E-state index contributed by atoms with van der Waals surface area (Å²) < 4.78 is 0. The van der Waals surface area contributed by atoms with Crippen LogP contribution < -0.4 is 4.90 Å². The number of nitro benzene ring substituents is 1. The number of carboxylic acid groups (broad SMARTS) is 1. The molecule has 0 atom stereocenters. The van der Waals surface area contributed by atoms with E-state index < -0.39 is 10.9 Å². The van der Waals surface area contributed by atoms with E-state index in [1.165, 1.54) is 12.1 Å². The van der Waals surface area contributed by atoms with Crippen LogP contribution in [0.4, 0.5) is 17.1 Å². The van der Waals surface area contributed by atoms with Gasteiger partial charge < -0.3 is 10.0 Å². The van der Waals surface area contributed by atoms with Crippen molar-refractivity contribution in [3.63, 3.8) is 0 Å². The molecule has 108 valence electrons. The molecule has 1 N–H and O–H groups in total. The average molecular weight is 286 g/mol. The van der Waals surface area contributed by atoms with E-state index in [9.17, 15) is 20.0 Å². The maximum absolute atomic E-state index is 11.4. The number of hydrogen-bond donors (Lipinski definition) is 1. The Balaban J connectivity index is 2.56. The van der Waals surface area contributed by atoms with Crippen LogP contribution in [0.15, 0.2) is 48.5 Å². The summed E-state index contributed by atoms with van der Waals surface area (Å²) in [5.41, 5.74) is 0.938. The zero-order valence-corrected chi connectivity index (χ0v) is 11.4. The van der Waals surface area contributed by atoms with Gasteiger partial charge in [-0.15, -0.1) is 0 Å². The summed E-state index contributed by atoms with van der Waals surface area (Å²) in [7, 11) is 0. The van der Waals surface area contributed by atoms with Crippen molar-refractivity contribution in [3.8, 4) is 0 Å². The Hall–Kier alpha value is -2.89. The number of nitro groups is 1. The molecule has 0 aromatic heterocycles. The molecule has 6 heteroatoms. The van der Waals surface area contributed by atoms with Gasteiger partial charge in [-0.1, -0.05) is 18.2 Å². The largest absolute Gasteiger partial charge is 0.478 e. The van der Waals surface area contributed by atoms with Crippen LogP contribution in [0.5, 0.6) is 0 Å². The third-order valence-corrected chi connectivity index (χ3v) is 3.10. The van der Waals surface area contributed by atoms with Crippen LogP contribution in [0.25, 0.3) is 0 Å². The highest BCUT2D eigenvalue weighted by molar-refractivity contribution is 5.96. The third-order valence-electron chi connectivity index (χ3n) is 3.10. The first-order valence-electron chi connectivity index (χ1n) is 6.39. The highest BCUT2D eigenvalue weighted by atomic mass is 16.6. The standard InChI is InChI=1S/C15H14N2O4/c1-2-16(11-6-4-3-5-7-11)14-9-8-12(17(20)21)10-13(14)15(18)19/h3-10H,2H2,1H3,(H,18,19). The van der Waals surface area contributed by atoms with Crippen LogP contribution in [0, 0.1) is 10.1 Å². The lowest BCUT2D eigenvalue weighted by atomic mass is 10.1. The van der Waals surface area contributed by atoms with Crippen molar-refractivity contribution in [2.75, 3.05) is 11.4 Å². The quantitative estimate of drug-likeness (QED) is 0.672. The summed E-state index contributed by atoms with van der Waals surface area (Å²) in [6.07, 6.45) is 0. The molecule has 0 fully saturated rings. The van der Waals surface area contributed by atoms with Crippen molar-refractivity contribution in [1.82, 2.24) is 0 Å². The number of benzene rings is 2. The molecule has 0 aliphatic heterocycles. The molecule has 2 aromatic rings. The molecule has 0 heterocycles. The summed E-state index contributed by atoms with van der Waals surface area (Å²) in [4.78, 5) is 23.4. The second-order valence-electron chi connectivity index (χ2n) is 4.34. The number of nitrogens with zero attached hydrogens (tertiary/aromatic N) is 2. The lowest BCUT2D eigenvalue weighted by Gasteiger charge is -2.24. The van der Waals surface area contributed by atoms with Crippen molar-refractivity contribution in [2.24, 2.45) is 0 Å². The molecule has 0 bridgehead atoms. The van der Waals surface area contributed by atoms with Gasteiger partial charge >= 0.3 is 5.97 Å². The van der Waals surface area contributed by atoms with Gasteiger partial charge in [-0.25, -0.2) is 4.79 Å². The summed E-state index contributed by atoms with van der Waals surface area (Å²) in [5, 5.41) is 20.1. The molecular formula is C15H14N2O4. The highest BCUT2D eigenvalue weighted by Crippen LogP contribution is 2.31. The lowest BCUT2D eigenvalue weighted by Crippen LogP contribution is -2.19. The predicted molar refractivity (Wildman–Crippen MR) is 79.2 cm³/mol. The van der Waals surface area contributed by atoms with Gasteiger partial charge in [0.05, 0.1) is 16.2 Å². The minimum Gasteiger partial charge on any atom is -0.478 e. The second kappa shape index (κ2) is 6.04.